The number of nitrogens with zero attached hydrogens (tertiary/aromatic N) is 2. The molecule has 4 heterocycles. The molecule has 208 valence electrons. The van der Waals surface area contributed by atoms with E-state index in [9.17, 15) is 18.4 Å². The van der Waals surface area contributed by atoms with Crippen molar-refractivity contribution in [2.75, 3.05) is 20.8 Å². The molecule has 0 unspecified atom stereocenters. The van der Waals surface area contributed by atoms with Gasteiger partial charge in [-0.05, 0) is 25.1 Å². The Morgan fingerprint density at radius 2 is 1.80 bits per heavy atom. The van der Waals surface area contributed by atoms with Crippen LogP contribution in [-0.2, 0) is 14.9 Å². The molecular formula is C27H23F2N3O8. The molecule has 3 aliphatic rings. The highest BCUT2D eigenvalue weighted by Crippen LogP contribution is 2.50. The SMILES string of the molecule is COC(=O)c1cnc([C@H]2C[C@@H](NC(=O)[C@@]3(C)COc4cc5c(cc43)OC(F)(F)O5)c3ccc(OC)cc3O2)cn1. The van der Waals surface area contributed by atoms with E-state index >= 15 is 0 Å². The lowest BCUT2D eigenvalue weighted by Crippen LogP contribution is -2.46. The van der Waals surface area contributed by atoms with Crippen LogP contribution in [0.25, 0.3) is 0 Å². The van der Waals surface area contributed by atoms with Gasteiger partial charge in [0.05, 0.1) is 38.3 Å². The quantitative estimate of drug-likeness (QED) is 0.467. The summed E-state index contributed by atoms with van der Waals surface area (Å²) in [5.41, 5.74) is 0.370. The van der Waals surface area contributed by atoms with Crippen molar-refractivity contribution in [2.24, 2.45) is 0 Å². The fourth-order valence-electron chi connectivity index (χ4n) is 4.94. The number of carbonyl (C=O) groups excluding carboxylic acids is 2. The Kier molecular flexibility index (Phi) is 5.89. The van der Waals surface area contributed by atoms with E-state index < -0.39 is 35.7 Å². The monoisotopic (exact) mass is 555 g/mol. The van der Waals surface area contributed by atoms with Crippen molar-refractivity contribution >= 4 is 11.9 Å². The maximum Gasteiger partial charge on any atom is 0.586 e. The van der Waals surface area contributed by atoms with E-state index in [1.54, 1.807) is 25.1 Å². The van der Waals surface area contributed by atoms with Crippen LogP contribution in [0.5, 0.6) is 28.7 Å². The highest BCUT2D eigenvalue weighted by Gasteiger charge is 2.49. The van der Waals surface area contributed by atoms with Gasteiger partial charge < -0.3 is 33.7 Å². The fourth-order valence-corrected chi connectivity index (χ4v) is 4.94. The molecule has 3 aliphatic heterocycles. The van der Waals surface area contributed by atoms with E-state index in [-0.39, 0.29) is 36.0 Å². The molecule has 0 fully saturated rings. The minimum absolute atomic E-state index is 0.0178. The molecule has 0 bridgehead atoms. The summed E-state index contributed by atoms with van der Waals surface area (Å²) in [6.07, 6.45) is -1.42. The first-order valence-electron chi connectivity index (χ1n) is 12.2. The average Bonchev–Trinajstić information content (AvgIpc) is 3.45. The molecule has 1 N–H and O–H groups in total. The third kappa shape index (κ3) is 4.27. The molecule has 3 atom stereocenters. The molecule has 0 spiro atoms. The maximum atomic E-state index is 13.8. The van der Waals surface area contributed by atoms with Gasteiger partial charge in [0.25, 0.3) is 0 Å². The number of benzene rings is 2. The molecule has 13 heteroatoms. The minimum atomic E-state index is -3.80. The van der Waals surface area contributed by atoms with E-state index in [1.165, 1.54) is 38.7 Å². The van der Waals surface area contributed by atoms with E-state index in [4.69, 9.17) is 14.2 Å². The van der Waals surface area contributed by atoms with Crippen LogP contribution in [0.1, 0.15) is 52.8 Å². The second-order valence-electron chi connectivity index (χ2n) is 9.67. The van der Waals surface area contributed by atoms with E-state index in [1.807, 2.05) is 0 Å². The first-order chi connectivity index (χ1) is 19.1. The number of nitrogens with one attached hydrogen (secondary N) is 1. The van der Waals surface area contributed by atoms with Crippen molar-refractivity contribution < 1.29 is 46.8 Å². The van der Waals surface area contributed by atoms with Crippen molar-refractivity contribution in [3.63, 3.8) is 0 Å². The number of rotatable bonds is 5. The maximum absolute atomic E-state index is 13.8. The van der Waals surface area contributed by atoms with Gasteiger partial charge in [-0.15, -0.1) is 8.78 Å². The average molecular weight is 555 g/mol. The number of carbonyl (C=O) groups is 2. The Morgan fingerprint density at radius 3 is 2.50 bits per heavy atom. The van der Waals surface area contributed by atoms with Crippen LogP contribution < -0.4 is 29.0 Å². The van der Waals surface area contributed by atoms with Gasteiger partial charge in [-0.2, -0.15) is 0 Å². The molecule has 6 rings (SSSR count). The third-order valence-electron chi connectivity index (χ3n) is 7.13. The zero-order valence-electron chi connectivity index (χ0n) is 21.5. The van der Waals surface area contributed by atoms with E-state index in [0.717, 1.165) is 0 Å². The standard InChI is InChI=1S/C27H23F2N3O8/c1-26(12-37-20-9-23-22(7-15(20)26)39-27(28,29)40-23)25(34)32-16-8-21(17-10-31-18(11-30-17)24(33)36-3)38-19-6-13(35-2)4-5-14(16)19/h4-7,9-11,16,21H,8,12H2,1-3H3,(H,32,34)/t16-,21-,26+/m1/s1. The summed E-state index contributed by atoms with van der Waals surface area (Å²) in [6, 6.07) is 7.36. The summed E-state index contributed by atoms with van der Waals surface area (Å²) in [4.78, 5) is 34.0. The van der Waals surface area contributed by atoms with Crippen molar-refractivity contribution in [3.05, 3.63) is 65.2 Å². The zero-order chi connectivity index (χ0) is 28.2. The Bertz CT molecular complexity index is 1520. The summed E-state index contributed by atoms with van der Waals surface area (Å²) in [5.74, 6) is -0.0747. The highest BCUT2D eigenvalue weighted by molar-refractivity contribution is 5.90. The summed E-state index contributed by atoms with van der Waals surface area (Å²) in [6.45, 7) is 1.65. The molecule has 40 heavy (non-hydrogen) atoms. The van der Waals surface area contributed by atoms with Gasteiger partial charge in [-0.3, -0.25) is 9.78 Å². The lowest BCUT2D eigenvalue weighted by molar-refractivity contribution is -0.286. The third-order valence-corrected chi connectivity index (χ3v) is 7.13. The first kappa shape index (κ1) is 25.6. The zero-order valence-corrected chi connectivity index (χ0v) is 21.5. The second kappa shape index (κ2) is 9.21. The second-order valence-corrected chi connectivity index (χ2v) is 9.67. The Hall–Kier alpha value is -4.68. The van der Waals surface area contributed by atoms with Crippen LogP contribution in [0.4, 0.5) is 8.78 Å². The smallest absolute Gasteiger partial charge is 0.497 e. The number of esters is 1. The molecule has 0 aliphatic carbocycles. The number of fused-ring (bicyclic) bond motifs is 3. The predicted octanol–water partition coefficient (Wildman–Crippen LogP) is 3.62. The normalized spacial score (nSPS) is 23.2. The van der Waals surface area contributed by atoms with Gasteiger partial charge in [0.15, 0.2) is 17.2 Å². The Balaban J connectivity index is 1.29. The summed E-state index contributed by atoms with van der Waals surface area (Å²) >= 11 is 0. The van der Waals surface area contributed by atoms with Crippen LogP contribution in [0.2, 0.25) is 0 Å². The molecule has 0 radical (unpaired) electrons. The molecule has 1 amide bonds. The molecular weight excluding hydrogens is 532 g/mol. The Morgan fingerprint density at radius 1 is 1.02 bits per heavy atom. The van der Waals surface area contributed by atoms with Gasteiger partial charge in [-0.1, -0.05) is 0 Å². The molecule has 11 nitrogen and oxygen atoms in total. The number of ether oxygens (including phenoxy) is 6. The highest BCUT2D eigenvalue weighted by atomic mass is 19.3. The number of methoxy groups -OCH3 is 2. The van der Waals surface area contributed by atoms with Crippen molar-refractivity contribution in [3.8, 4) is 28.7 Å². The minimum Gasteiger partial charge on any atom is -0.497 e. The lowest BCUT2D eigenvalue weighted by atomic mass is 9.82. The van der Waals surface area contributed by atoms with Crippen LogP contribution >= 0.6 is 0 Å². The molecule has 0 saturated carbocycles. The number of hydrogen-bond acceptors (Lipinski definition) is 10. The van der Waals surface area contributed by atoms with Gasteiger partial charge >= 0.3 is 12.3 Å². The van der Waals surface area contributed by atoms with Crippen LogP contribution in [0, 0.1) is 0 Å². The number of aromatic nitrogens is 2. The predicted molar refractivity (Wildman–Crippen MR) is 131 cm³/mol. The summed E-state index contributed by atoms with van der Waals surface area (Å²) in [5, 5.41) is 3.08. The molecule has 3 aromatic rings. The summed E-state index contributed by atoms with van der Waals surface area (Å²) < 4.78 is 58.3. The molecule has 1 aromatic heterocycles. The van der Waals surface area contributed by atoms with Gasteiger partial charge in [0, 0.05) is 29.7 Å². The van der Waals surface area contributed by atoms with Crippen LogP contribution in [0.15, 0.2) is 42.7 Å². The fraction of sp³-hybridized carbons (Fsp3) is 0.333. The van der Waals surface area contributed by atoms with Gasteiger partial charge in [0.1, 0.15) is 35.4 Å². The van der Waals surface area contributed by atoms with Crippen molar-refractivity contribution in [2.45, 2.75) is 37.2 Å². The lowest BCUT2D eigenvalue weighted by Gasteiger charge is -2.34. The molecule has 0 saturated heterocycles. The largest absolute Gasteiger partial charge is 0.586 e. The van der Waals surface area contributed by atoms with Crippen LogP contribution in [-0.4, -0.2) is 49.0 Å². The number of amides is 1. The molecule has 2 aromatic carbocycles. The first-order valence-corrected chi connectivity index (χ1v) is 12.2. The Labute approximate surface area is 226 Å². The van der Waals surface area contributed by atoms with Crippen molar-refractivity contribution in [1.82, 2.24) is 15.3 Å². The van der Waals surface area contributed by atoms with E-state index in [2.05, 4.69) is 29.5 Å². The number of halogens is 2. The van der Waals surface area contributed by atoms with Crippen molar-refractivity contribution in [1.29, 1.82) is 0 Å². The number of hydrogen-bond donors (Lipinski definition) is 1. The van der Waals surface area contributed by atoms with Crippen LogP contribution in [0.3, 0.4) is 0 Å². The van der Waals surface area contributed by atoms with Gasteiger partial charge in [0.2, 0.25) is 5.91 Å². The topological polar surface area (TPSA) is 127 Å². The summed E-state index contributed by atoms with van der Waals surface area (Å²) in [7, 11) is 2.77. The van der Waals surface area contributed by atoms with Gasteiger partial charge in [-0.25, -0.2) is 9.78 Å². The number of alkyl halides is 2. The van der Waals surface area contributed by atoms with E-state index in [0.29, 0.717) is 28.3 Å².